The number of hydrogen-bond acceptors (Lipinski definition) is 3. The van der Waals surface area contributed by atoms with Crippen molar-refractivity contribution >= 4 is 11.6 Å². The fourth-order valence-electron chi connectivity index (χ4n) is 3.15. The molecule has 132 valence electrons. The van der Waals surface area contributed by atoms with Gasteiger partial charge in [0.05, 0.1) is 0 Å². The largest absolute Gasteiger partial charge is 0.489 e. The van der Waals surface area contributed by atoms with Crippen molar-refractivity contribution in [3.05, 3.63) is 59.2 Å². The van der Waals surface area contributed by atoms with Gasteiger partial charge in [0, 0.05) is 11.6 Å². The van der Waals surface area contributed by atoms with Crippen molar-refractivity contribution in [2.75, 3.05) is 18.4 Å². The van der Waals surface area contributed by atoms with Gasteiger partial charge in [0.2, 0.25) is 5.91 Å². The highest BCUT2D eigenvalue weighted by Gasteiger charge is 2.21. The van der Waals surface area contributed by atoms with Gasteiger partial charge in [0.25, 0.3) is 0 Å². The summed E-state index contributed by atoms with van der Waals surface area (Å²) in [6.07, 6.45) is 1.81. The van der Waals surface area contributed by atoms with Gasteiger partial charge in [0.1, 0.15) is 12.4 Å². The number of anilines is 1. The zero-order valence-corrected chi connectivity index (χ0v) is 15.0. The zero-order valence-electron chi connectivity index (χ0n) is 15.0. The van der Waals surface area contributed by atoms with Crippen molar-refractivity contribution in [1.82, 2.24) is 5.32 Å². The highest BCUT2D eigenvalue weighted by Crippen LogP contribution is 2.24. The number of carbonyl (C=O) groups excluding carboxylic acids is 1. The Labute approximate surface area is 149 Å². The molecule has 1 aliphatic rings. The minimum atomic E-state index is 0.109. The standard InChI is InChI=1S/C21H26N2O2/c1-15-4-3-5-17(12-15)14-25-19-6-7-20(16(2)13-19)23-21(24)18-8-10-22-11-9-18/h3-7,12-13,18,22H,8-11,14H2,1-2H3,(H,23,24). The van der Waals surface area contributed by atoms with Crippen LogP contribution in [-0.4, -0.2) is 19.0 Å². The van der Waals surface area contributed by atoms with E-state index in [0.717, 1.165) is 48.5 Å². The first kappa shape index (κ1) is 17.5. The summed E-state index contributed by atoms with van der Waals surface area (Å²) in [4.78, 5) is 12.4. The number of amides is 1. The summed E-state index contributed by atoms with van der Waals surface area (Å²) in [5.41, 5.74) is 4.27. The number of aryl methyl sites for hydroxylation is 2. The fraction of sp³-hybridized carbons (Fsp3) is 0.381. The highest BCUT2D eigenvalue weighted by atomic mass is 16.5. The van der Waals surface area contributed by atoms with E-state index in [1.54, 1.807) is 0 Å². The third-order valence-corrected chi connectivity index (χ3v) is 4.65. The number of rotatable bonds is 5. The SMILES string of the molecule is Cc1cccc(COc2ccc(NC(=O)C3CCNCC3)c(C)c2)c1. The van der Waals surface area contributed by atoms with Crippen LogP contribution in [0.15, 0.2) is 42.5 Å². The zero-order chi connectivity index (χ0) is 17.6. The van der Waals surface area contributed by atoms with E-state index in [2.05, 4.69) is 35.8 Å². The van der Waals surface area contributed by atoms with Crippen molar-refractivity contribution < 1.29 is 9.53 Å². The lowest BCUT2D eigenvalue weighted by atomic mass is 9.97. The monoisotopic (exact) mass is 338 g/mol. The molecule has 25 heavy (non-hydrogen) atoms. The maximum Gasteiger partial charge on any atom is 0.227 e. The number of benzene rings is 2. The van der Waals surface area contributed by atoms with E-state index in [0.29, 0.717) is 6.61 Å². The lowest BCUT2D eigenvalue weighted by molar-refractivity contribution is -0.120. The van der Waals surface area contributed by atoms with Gasteiger partial charge in [-0.05, 0) is 69.1 Å². The van der Waals surface area contributed by atoms with Gasteiger partial charge in [-0.15, -0.1) is 0 Å². The second kappa shape index (κ2) is 8.17. The molecule has 3 rings (SSSR count). The normalized spacial score (nSPS) is 15.0. The number of nitrogens with one attached hydrogen (secondary N) is 2. The molecule has 1 aliphatic heterocycles. The van der Waals surface area contributed by atoms with Crippen LogP contribution in [0.4, 0.5) is 5.69 Å². The Balaban J connectivity index is 1.59. The third kappa shape index (κ3) is 4.83. The summed E-state index contributed by atoms with van der Waals surface area (Å²) in [7, 11) is 0. The molecule has 2 N–H and O–H groups in total. The molecule has 0 saturated carbocycles. The smallest absolute Gasteiger partial charge is 0.227 e. The molecular formula is C21H26N2O2. The Kier molecular flexibility index (Phi) is 5.71. The van der Waals surface area contributed by atoms with Crippen LogP contribution < -0.4 is 15.4 Å². The van der Waals surface area contributed by atoms with Gasteiger partial charge >= 0.3 is 0 Å². The van der Waals surface area contributed by atoms with Crippen molar-refractivity contribution in [3.63, 3.8) is 0 Å². The first-order valence-corrected chi connectivity index (χ1v) is 8.92. The molecule has 0 aromatic heterocycles. The van der Waals surface area contributed by atoms with Gasteiger partial charge in [-0.1, -0.05) is 29.8 Å². The first-order valence-electron chi connectivity index (χ1n) is 8.92. The molecule has 2 aromatic carbocycles. The van der Waals surface area contributed by atoms with Gasteiger partial charge in [-0.3, -0.25) is 4.79 Å². The number of carbonyl (C=O) groups is 1. The predicted molar refractivity (Wildman–Crippen MR) is 101 cm³/mol. The third-order valence-electron chi connectivity index (χ3n) is 4.65. The molecule has 1 fully saturated rings. The molecule has 1 saturated heterocycles. The second-order valence-electron chi connectivity index (χ2n) is 6.77. The quantitative estimate of drug-likeness (QED) is 0.871. The lowest BCUT2D eigenvalue weighted by Crippen LogP contribution is -2.34. The maximum absolute atomic E-state index is 12.4. The van der Waals surface area contributed by atoms with Crippen LogP contribution in [0, 0.1) is 19.8 Å². The minimum absolute atomic E-state index is 0.109. The van der Waals surface area contributed by atoms with Crippen LogP contribution in [0.2, 0.25) is 0 Å². The van der Waals surface area contributed by atoms with Crippen LogP contribution in [0.3, 0.4) is 0 Å². The lowest BCUT2D eigenvalue weighted by Gasteiger charge is -2.22. The van der Waals surface area contributed by atoms with Crippen molar-refractivity contribution in [2.24, 2.45) is 5.92 Å². The van der Waals surface area contributed by atoms with E-state index >= 15 is 0 Å². The second-order valence-corrected chi connectivity index (χ2v) is 6.77. The van der Waals surface area contributed by atoms with Crippen molar-refractivity contribution in [1.29, 1.82) is 0 Å². The van der Waals surface area contributed by atoms with Crippen LogP contribution >= 0.6 is 0 Å². The topological polar surface area (TPSA) is 50.4 Å². The summed E-state index contributed by atoms with van der Waals surface area (Å²) >= 11 is 0. The highest BCUT2D eigenvalue weighted by molar-refractivity contribution is 5.93. The summed E-state index contributed by atoms with van der Waals surface area (Å²) in [6, 6.07) is 14.1. The van der Waals surface area contributed by atoms with Crippen LogP contribution in [0.25, 0.3) is 0 Å². The Hall–Kier alpha value is -2.33. The molecule has 0 radical (unpaired) electrons. The molecular weight excluding hydrogens is 312 g/mol. The molecule has 0 aliphatic carbocycles. The molecule has 0 unspecified atom stereocenters. The number of piperidine rings is 1. The maximum atomic E-state index is 12.4. The van der Waals surface area contributed by atoms with Crippen molar-refractivity contribution in [2.45, 2.75) is 33.3 Å². The van der Waals surface area contributed by atoms with E-state index in [9.17, 15) is 4.79 Å². The molecule has 1 amide bonds. The van der Waals surface area contributed by atoms with E-state index < -0.39 is 0 Å². The molecule has 0 bridgehead atoms. The predicted octanol–water partition coefficient (Wildman–Crippen LogP) is 3.82. The van der Waals surface area contributed by atoms with Gasteiger partial charge < -0.3 is 15.4 Å². The van der Waals surface area contributed by atoms with Crippen LogP contribution in [0.1, 0.15) is 29.5 Å². The fourth-order valence-corrected chi connectivity index (χ4v) is 3.15. The summed E-state index contributed by atoms with van der Waals surface area (Å²) in [5, 5.41) is 6.35. The van der Waals surface area contributed by atoms with Crippen molar-refractivity contribution in [3.8, 4) is 5.75 Å². The summed E-state index contributed by atoms with van der Waals surface area (Å²) in [6.45, 7) is 6.46. The summed E-state index contributed by atoms with van der Waals surface area (Å²) in [5.74, 6) is 1.05. The van der Waals surface area contributed by atoms with E-state index in [-0.39, 0.29) is 11.8 Å². The average Bonchev–Trinajstić information content (AvgIpc) is 2.63. The Morgan fingerprint density at radius 3 is 2.68 bits per heavy atom. The van der Waals surface area contributed by atoms with Gasteiger partial charge in [0.15, 0.2) is 0 Å². The molecule has 4 heteroatoms. The van der Waals surface area contributed by atoms with Crippen LogP contribution in [0.5, 0.6) is 5.75 Å². The van der Waals surface area contributed by atoms with Crippen LogP contribution in [-0.2, 0) is 11.4 Å². The average molecular weight is 338 g/mol. The molecule has 0 atom stereocenters. The number of hydrogen-bond donors (Lipinski definition) is 2. The Morgan fingerprint density at radius 2 is 1.96 bits per heavy atom. The molecule has 1 heterocycles. The molecule has 0 spiro atoms. The van der Waals surface area contributed by atoms with E-state index in [1.807, 2.05) is 31.2 Å². The van der Waals surface area contributed by atoms with E-state index in [4.69, 9.17) is 4.74 Å². The van der Waals surface area contributed by atoms with Gasteiger partial charge in [-0.2, -0.15) is 0 Å². The molecule has 4 nitrogen and oxygen atoms in total. The minimum Gasteiger partial charge on any atom is -0.489 e. The Bertz CT molecular complexity index is 736. The summed E-state index contributed by atoms with van der Waals surface area (Å²) < 4.78 is 5.88. The Morgan fingerprint density at radius 1 is 1.16 bits per heavy atom. The number of ether oxygens (including phenoxy) is 1. The van der Waals surface area contributed by atoms with E-state index in [1.165, 1.54) is 5.56 Å². The van der Waals surface area contributed by atoms with Gasteiger partial charge in [-0.25, -0.2) is 0 Å². The first-order chi connectivity index (χ1) is 12.1. The molecule has 2 aromatic rings.